The molecule has 1 saturated heterocycles. The van der Waals surface area contributed by atoms with Crippen molar-refractivity contribution in [2.45, 2.75) is 71.1 Å². The Hall–Kier alpha value is -4.48. The molecule has 41 heavy (non-hydrogen) atoms. The van der Waals surface area contributed by atoms with Crippen LogP contribution in [-0.4, -0.2) is 55.7 Å². The van der Waals surface area contributed by atoms with Crippen LogP contribution < -0.4 is 16.0 Å². The Kier molecular flexibility index (Phi) is 8.46. The number of para-hydroxylation sites is 1. The number of amides is 3. The zero-order valence-corrected chi connectivity index (χ0v) is 23.4. The summed E-state index contributed by atoms with van der Waals surface area (Å²) >= 11 is 0. The molecule has 0 unspecified atom stereocenters. The van der Waals surface area contributed by atoms with Crippen molar-refractivity contribution in [2.75, 3.05) is 11.9 Å². The number of aryl methyl sites for hydroxylation is 1. The van der Waals surface area contributed by atoms with Gasteiger partial charge in [0.05, 0.1) is 17.1 Å². The number of piperidine rings is 1. The number of fused-ring (bicyclic) bond motifs is 1. The molecule has 12 heteroatoms. The molecule has 2 aromatic heterocycles. The topological polar surface area (TPSA) is 141 Å². The van der Waals surface area contributed by atoms with Gasteiger partial charge >= 0.3 is 12.0 Å². The van der Waals surface area contributed by atoms with Crippen molar-refractivity contribution < 1.29 is 18.5 Å². The minimum Gasteiger partial charge on any atom is -0.343 e. The predicted octanol–water partition coefficient (Wildman–Crippen LogP) is 4.57. The maximum absolute atomic E-state index is 13.5. The van der Waals surface area contributed by atoms with E-state index in [1.807, 2.05) is 32.0 Å². The van der Waals surface area contributed by atoms with E-state index in [0.717, 1.165) is 47.8 Å². The molecule has 0 spiro atoms. The number of halogens is 1. The minimum absolute atomic E-state index is 0.0275. The third-order valence-electron chi connectivity index (χ3n) is 7.40. The minimum atomic E-state index is -1.20. The third kappa shape index (κ3) is 6.64. The zero-order valence-electron chi connectivity index (χ0n) is 23.4. The van der Waals surface area contributed by atoms with Gasteiger partial charge in [-0.05, 0) is 68.9 Å². The van der Waals surface area contributed by atoms with Crippen LogP contribution in [0.15, 0.2) is 47.0 Å². The van der Waals surface area contributed by atoms with E-state index in [1.54, 1.807) is 17.0 Å². The number of carbonyl (C=O) groups is 2. The molecule has 1 aliphatic rings. The van der Waals surface area contributed by atoms with E-state index < -0.39 is 18.1 Å². The first-order valence-corrected chi connectivity index (χ1v) is 14.0. The number of imidazole rings is 1. The van der Waals surface area contributed by atoms with Crippen molar-refractivity contribution in [3.05, 3.63) is 71.1 Å². The van der Waals surface area contributed by atoms with Crippen molar-refractivity contribution >= 4 is 29.0 Å². The van der Waals surface area contributed by atoms with Crippen molar-refractivity contribution in [1.82, 2.24) is 35.6 Å². The zero-order chi connectivity index (χ0) is 28.9. The number of carbonyl (C=O) groups excluding carboxylic acids is 2. The summed E-state index contributed by atoms with van der Waals surface area (Å²) in [5.74, 6) is 0.109. The van der Waals surface area contributed by atoms with Gasteiger partial charge in [-0.2, -0.15) is 4.98 Å². The number of urea groups is 1. The maximum atomic E-state index is 13.5. The van der Waals surface area contributed by atoms with Crippen LogP contribution in [0.2, 0.25) is 0 Å². The highest BCUT2D eigenvalue weighted by Crippen LogP contribution is 2.21. The van der Waals surface area contributed by atoms with E-state index in [-0.39, 0.29) is 23.9 Å². The standard InChI is InChI=1S/C29H35FN8O3/c1-4-21-9-5-6-15-38(21)29(40)36-26(35-28-33-23(37-41-28)16-19-11-13-20(30)14-12-19)27(39)31-18(3)25-32-22-10-7-8-17(2)24(22)34-25/h7-8,10-14,18,21,26H,4-6,9,15-16H2,1-3H3,(H,31,39)(H,32,34)(H,36,40)(H,33,35,37)/t18-,21-,26-/m0/s1. The fraction of sp³-hybridized carbons (Fsp3) is 0.414. The highest BCUT2D eigenvalue weighted by atomic mass is 19.1. The summed E-state index contributed by atoms with van der Waals surface area (Å²) in [5, 5.41) is 12.6. The van der Waals surface area contributed by atoms with Crippen LogP contribution in [0.5, 0.6) is 0 Å². The monoisotopic (exact) mass is 562 g/mol. The molecule has 4 N–H and O–H groups in total. The second-order valence-electron chi connectivity index (χ2n) is 10.4. The third-order valence-corrected chi connectivity index (χ3v) is 7.40. The van der Waals surface area contributed by atoms with Gasteiger partial charge in [0.25, 0.3) is 5.91 Å². The lowest BCUT2D eigenvalue weighted by Crippen LogP contribution is -2.57. The largest absolute Gasteiger partial charge is 0.343 e. The number of nitrogens with one attached hydrogen (secondary N) is 4. The summed E-state index contributed by atoms with van der Waals surface area (Å²) in [6, 6.07) is 11.1. The number of likely N-dealkylation sites (tertiary alicyclic amines) is 1. The van der Waals surface area contributed by atoms with Crippen LogP contribution in [0.1, 0.15) is 68.3 Å². The summed E-state index contributed by atoms with van der Waals surface area (Å²) in [4.78, 5) is 40.9. The van der Waals surface area contributed by atoms with Crippen LogP contribution in [0.25, 0.3) is 11.0 Å². The van der Waals surface area contributed by atoms with Gasteiger partial charge in [0, 0.05) is 19.0 Å². The molecule has 4 aromatic rings. The molecule has 3 heterocycles. The number of anilines is 1. The first kappa shape index (κ1) is 28.1. The van der Waals surface area contributed by atoms with Crippen molar-refractivity contribution in [3.63, 3.8) is 0 Å². The average molecular weight is 563 g/mol. The lowest BCUT2D eigenvalue weighted by molar-refractivity contribution is -0.123. The Balaban J connectivity index is 1.32. The highest BCUT2D eigenvalue weighted by molar-refractivity contribution is 5.89. The second-order valence-corrected chi connectivity index (χ2v) is 10.4. The lowest BCUT2D eigenvalue weighted by atomic mass is 10.0. The van der Waals surface area contributed by atoms with Gasteiger partial charge < -0.3 is 30.4 Å². The van der Waals surface area contributed by atoms with E-state index in [2.05, 4.69) is 43.0 Å². The lowest BCUT2D eigenvalue weighted by Gasteiger charge is -2.36. The first-order chi connectivity index (χ1) is 19.8. The SMILES string of the molecule is CC[C@H]1CCCCN1C(=O)N[C@H](Nc1nc(Cc2ccc(F)cc2)no1)C(=O)N[C@@H](C)c1nc2c(C)cccc2[nH]1. The summed E-state index contributed by atoms with van der Waals surface area (Å²) in [7, 11) is 0. The van der Waals surface area contributed by atoms with Gasteiger partial charge in [0.15, 0.2) is 12.0 Å². The molecule has 11 nitrogen and oxygen atoms in total. The first-order valence-electron chi connectivity index (χ1n) is 14.0. The predicted molar refractivity (Wildman–Crippen MR) is 151 cm³/mol. The van der Waals surface area contributed by atoms with E-state index in [4.69, 9.17) is 4.52 Å². The van der Waals surface area contributed by atoms with Gasteiger partial charge in [0.1, 0.15) is 11.6 Å². The number of rotatable bonds is 9. The molecule has 0 bridgehead atoms. The molecule has 216 valence electrons. The van der Waals surface area contributed by atoms with E-state index in [9.17, 15) is 14.0 Å². The van der Waals surface area contributed by atoms with Crippen LogP contribution in [0.3, 0.4) is 0 Å². The fourth-order valence-corrected chi connectivity index (χ4v) is 5.12. The summed E-state index contributed by atoms with van der Waals surface area (Å²) in [5.41, 5.74) is 3.53. The number of hydrogen-bond acceptors (Lipinski definition) is 7. The van der Waals surface area contributed by atoms with Gasteiger partial charge in [-0.3, -0.25) is 4.79 Å². The van der Waals surface area contributed by atoms with Crippen molar-refractivity contribution in [3.8, 4) is 0 Å². The molecule has 5 rings (SSSR count). The summed E-state index contributed by atoms with van der Waals surface area (Å²) in [6.45, 7) is 6.46. The fourth-order valence-electron chi connectivity index (χ4n) is 5.12. The van der Waals surface area contributed by atoms with E-state index >= 15 is 0 Å². The number of aromatic amines is 1. The summed E-state index contributed by atoms with van der Waals surface area (Å²) in [6.07, 6.45) is 2.84. The Bertz CT molecular complexity index is 1500. The molecule has 1 fully saturated rings. The van der Waals surface area contributed by atoms with Gasteiger partial charge in [-0.15, -0.1) is 0 Å². The normalized spacial score (nSPS) is 16.8. The molecule has 2 aromatic carbocycles. The van der Waals surface area contributed by atoms with Crippen LogP contribution >= 0.6 is 0 Å². The Labute approximate surface area is 237 Å². The second kappa shape index (κ2) is 12.4. The highest BCUT2D eigenvalue weighted by Gasteiger charge is 2.31. The van der Waals surface area contributed by atoms with Crippen molar-refractivity contribution in [2.24, 2.45) is 0 Å². The number of aromatic nitrogens is 4. The number of hydrogen-bond donors (Lipinski definition) is 4. The van der Waals surface area contributed by atoms with E-state index in [0.29, 0.717) is 24.6 Å². The number of benzene rings is 2. The average Bonchev–Trinajstić information content (AvgIpc) is 3.61. The molecule has 0 radical (unpaired) electrons. The van der Waals surface area contributed by atoms with Gasteiger partial charge in [0.2, 0.25) is 0 Å². The quantitative estimate of drug-likeness (QED) is 0.219. The molecule has 3 atom stereocenters. The van der Waals surface area contributed by atoms with Gasteiger partial charge in [-0.1, -0.05) is 36.3 Å². The number of nitrogens with zero attached hydrogens (tertiary/aromatic N) is 4. The van der Waals surface area contributed by atoms with Crippen molar-refractivity contribution in [1.29, 1.82) is 0 Å². The summed E-state index contributed by atoms with van der Waals surface area (Å²) < 4.78 is 18.6. The Morgan fingerprint density at radius 2 is 1.95 bits per heavy atom. The smallest absolute Gasteiger partial charge is 0.323 e. The maximum Gasteiger partial charge on any atom is 0.323 e. The van der Waals surface area contributed by atoms with Crippen LogP contribution in [-0.2, 0) is 11.2 Å². The van der Waals surface area contributed by atoms with Gasteiger partial charge in [-0.25, -0.2) is 14.2 Å². The molecule has 1 aliphatic heterocycles. The number of H-pyrrole nitrogens is 1. The van der Waals surface area contributed by atoms with E-state index in [1.165, 1.54) is 12.1 Å². The molecular weight excluding hydrogens is 527 g/mol. The molecular formula is C29H35FN8O3. The molecule has 3 amide bonds. The van der Waals surface area contributed by atoms with Crippen LogP contribution in [0.4, 0.5) is 15.2 Å². The van der Waals surface area contributed by atoms with Crippen LogP contribution in [0, 0.1) is 12.7 Å². The Morgan fingerprint density at radius 1 is 1.15 bits per heavy atom. The molecule has 0 aliphatic carbocycles. The molecule has 0 saturated carbocycles. The Morgan fingerprint density at radius 3 is 2.71 bits per heavy atom.